The van der Waals surface area contributed by atoms with Crippen LogP contribution in [0.25, 0.3) is 0 Å². The number of hydrogen-bond acceptors (Lipinski definition) is 3. The van der Waals surface area contributed by atoms with Crippen LogP contribution in [-0.2, 0) is 19.5 Å². The molecule has 3 rings (SSSR count). The Hall–Kier alpha value is -1.10. The summed E-state index contributed by atoms with van der Waals surface area (Å²) in [5.74, 6) is -0.999. The molecule has 1 fully saturated rings. The highest BCUT2D eigenvalue weighted by Gasteiger charge is 2.77. The second kappa shape index (κ2) is 4.71. The standard InChI is InChI=1S/C19H28O3Si/c1-16(2,3)23(6,7)22-19-17(4,13-14-20-19)18(5,21-19)15-11-9-8-10-12-15/h8-14H,1-7H3/t17-,18-,19-/m0/s1. The number of hydrogen-bond donors (Lipinski definition) is 0. The van der Waals surface area contributed by atoms with Crippen molar-refractivity contribution in [3.05, 3.63) is 48.2 Å². The van der Waals surface area contributed by atoms with Crippen molar-refractivity contribution in [3.8, 4) is 0 Å². The van der Waals surface area contributed by atoms with Gasteiger partial charge in [-0.05, 0) is 43.6 Å². The van der Waals surface area contributed by atoms with Crippen molar-refractivity contribution in [2.45, 2.75) is 64.3 Å². The average molecular weight is 333 g/mol. The number of benzene rings is 1. The predicted molar refractivity (Wildman–Crippen MR) is 94.2 cm³/mol. The molecule has 0 unspecified atom stereocenters. The van der Waals surface area contributed by atoms with Gasteiger partial charge in [-0.1, -0.05) is 51.1 Å². The van der Waals surface area contributed by atoms with E-state index in [0.717, 1.165) is 5.56 Å². The van der Waals surface area contributed by atoms with Gasteiger partial charge < -0.3 is 13.9 Å². The molecule has 0 N–H and O–H groups in total. The van der Waals surface area contributed by atoms with Crippen LogP contribution in [0, 0.1) is 5.41 Å². The summed E-state index contributed by atoms with van der Waals surface area (Å²) in [6, 6.07) is 10.3. The topological polar surface area (TPSA) is 27.7 Å². The largest absolute Gasteiger partial charge is 0.447 e. The molecule has 0 spiro atoms. The van der Waals surface area contributed by atoms with Crippen LogP contribution < -0.4 is 0 Å². The van der Waals surface area contributed by atoms with Crippen LogP contribution in [0.15, 0.2) is 42.7 Å². The molecule has 3 atom stereocenters. The first-order chi connectivity index (χ1) is 10.5. The Morgan fingerprint density at radius 2 is 1.65 bits per heavy atom. The fraction of sp³-hybridized carbons (Fsp3) is 0.579. The van der Waals surface area contributed by atoms with E-state index in [-0.39, 0.29) is 10.5 Å². The summed E-state index contributed by atoms with van der Waals surface area (Å²) in [6.07, 6.45) is 3.83. The maximum Gasteiger partial charge on any atom is 0.330 e. The highest BCUT2D eigenvalue weighted by atomic mass is 28.4. The molecule has 0 radical (unpaired) electrons. The fourth-order valence-corrected chi connectivity index (χ4v) is 4.43. The lowest BCUT2D eigenvalue weighted by Crippen LogP contribution is -2.74. The van der Waals surface area contributed by atoms with Gasteiger partial charge in [0.2, 0.25) is 8.32 Å². The monoisotopic (exact) mass is 332 g/mol. The van der Waals surface area contributed by atoms with Crippen LogP contribution >= 0.6 is 0 Å². The molecule has 1 aromatic rings. The molecule has 2 heterocycles. The summed E-state index contributed by atoms with van der Waals surface area (Å²) >= 11 is 0. The Balaban J connectivity index is 1.96. The predicted octanol–water partition coefficient (Wildman–Crippen LogP) is 5.16. The molecule has 2 aliphatic heterocycles. The third-order valence-electron chi connectivity index (χ3n) is 6.11. The van der Waals surface area contributed by atoms with E-state index in [1.807, 2.05) is 18.2 Å². The second-order valence-corrected chi connectivity index (χ2v) is 13.3. The van der Waals surface area contributed by atoms with Crippen LogP contribution in [0.5, 0.6) is 0 Å². The van der Waals surface area contributed by atoms with Gasteiger partial charge in [0.15, 0.2) is 0 Å². The zero-order chi connectivity index (χ0) is 17.1. The molecular weight excluding hydrogens is 304 g/mol. The van der Waals surface area contributed by atoms with Crippen molar-refractivity contribution in [2.24, 2.45) is 5.41 Å². The van der Waals surface area contributed by atoms with Gasteiger partial charge in [-0.2, -0.15) is 0 Å². The van der Waals surface area contributed by atoms with Gasteiger partial charge in [-0.25, -0.2) is 0 Å². The van der Waals surface area contributed by atoms with E-state index < -0.39 is 19.9 Å². The molecule has 0 amide bonds. The fourth-order valence-electron chi connectivity index (χ4n) is 3.15. The highest BCUT2D eigenvalue weighted by Crippen LogP contribution is 2.67. The normalized spacial score (nSPS) is 36.3. The molecule has 0 bridgehead atoms. The molecule has 4 heteroatoms. The van der Waals surface area contributed by atoms with Crippen molar-refractivity contribution >= 4 is 8.32 Å². The lowest BCUT2D eigenvalue weighted by molar-refractivity contribution is -0.507. The minimum atomic E-state index is -2.03. The van der Waals surface area contributed by atoms with Gasteiger partial charge in [-0.15, -0.1) is 0 Å². The molecule has 0 aromatic heterocycles. The molecule has 0 aliphatic carbocycles. The van der Waals surface area contributed by atoms with Crippen LogP contribution in [0.2, 0.25) is 18.1 Å². The molecule has 1 aromatic carbocycles. The van der Waals surface area contributed by atoms with E-state index in [4.69, 9.17) is 13.9 Å². The third-order valence-corrected chi connectivity index (χ3v) is 10.5. The average Bonchev–Trinajstić information content (AvgIpc) is 2.71. The Kier molecular flexibility index (Phi) is 3.43. The quantitative estimate of drug-likeness (QED) is 0.716. The minimum Gasteiger partial charge on any atom is -0.447 e. The van der Waals surface area contributed by atoms with Crippen LogP contribution in [-0.4, -0.2) is 14.3 Å². The van der Waals surface area contributed by atoms with Gasteiger partial charge in [0.05, 0.1) is 6.26 Å². The molecule has 3 nitrogen and oxygen atoms in total. The maximum absolute atomic E-state index is 6.60. The van der Waals surface area contributed by atoms with Crippen molar-refractivity contribution < 1.29 is 13.9 Å². The summed E-state index contributed by atoms with van der Waals surface area (Å²) in [7, 11) is -2.03. The first-order valence-electron chi connectivity index (χ1n) is 8.29. The zero-order valence-corrected chi connectivity index (χ0v) is 16.3. The molecule has 0 saturated carbocycles. The maximum atomic E-state index is 6.60. The third kappa shape index (κ3) is 2.08. The summed E-state index contributed by atoms with van der Waals surface area (Å²) in [4.78, 5) is 0. The second-order valence-electron chi connectivity index (χ2n) is 8.54. The van der Waals surface area contributed by atoms with Crippen molar-refractivity contribution in [1.82, 2.24) is 0 Å². The minimum absolute atomic E-state index is 0.0940. The SMILES string of the molecule is CC(C)(C)[Si](C)(C)O[C@]12OC=C[C@@]1(C)[C@](C)(c1ccccc1)O2. The van der Waals surface area contributed by atoms with Crippen molar-refractivity contribution in [1.29, 1.82) is 0 Å². The van der Waals surface area contributed by atoms with E-state index in [9.17, 15) is 0 Å². The number of ether oxygens (including phenoxy) is 2. The molecular formula is C19H28O3Si. The van der Waals surface area contributed by atoms with Gasteiger partial charge in [-0.3, -0.25) is 0 Å². The summed E-state index contributed by atoms with van der Waals surface area (Å²) in [5, 5.41) is 0.0940. The van der Waals surface area contributed by atoms with Crippen LogP contribution in [0.3, 0.4) is 0 Å². The summed E-state index contributed by atoms with van der Waals surface area (Å²) < 4.78 is 18.9. The highest BCUT2D eigenvalue weighted by molar-refractivity contribution is 6.74. The lowest BCUT2D eigenvalue weighted by Gasteiger charge is -2.64. The summed E-state index contributed by atoms with van der Waals surface area (Å²) in [5.41, 5.74) is 0.340. The zero-order valence-electron chi connectivity index (χ0n) is 15.3. The smallest absolute Gasteiger partial charge is 0.330 e. The first kappa shape index (κ1) is 16.7. The Bertz CT molecular complexity index is 634. The number of fused-ring (bicyclic) bond motifs is 1. The van der Waals surface area contributed by atoms with Gasteiger partial charge in [0.25, 0.3) is 0 Å². The molecule has 1 saturated heterocycles. The van der Waals surface area contributed by atoms with Gasteiger partial charge in [0, 0.05) is 0 Å². The Morgan fingerprint density at radius 3 is 2.22 bits per heavy atom. The van der Waals surface area contributed by atoms with Crippen LogP contribution in [0.1, 0.15) is 40.2 Å². The molecule has 2 aliphatic rings. The van der Waals surface area contributed by atoms with E-state index in [1.54, 1.807) is 6.26 Å². The molecule has 126 valence electrons. The Morgan fingerprint density at radius 1 is 1.04 bits per heavy atom. The molecule has 23 heavy (non-hydrogen) atoms. The van der Waals surface area contributed by atoms with Gasteiger partial charge in [0.1, 0.15) is 11.0 Å². The lowest BCUT2D eigenvalue weighted by atomic mass is 9.64. The number of rotatable bonds is 3. The van der Waals surface area contributed by atoms with E-state index in [0.29, 0.717) is 0 Å². The van der Waals surface area contributed by atoms with E-state index >= 15 is 0 Å². The van der Waals surface area contributed by atoms with E-state index in [2.05, 4.69) is 65.9 Å². The van der Waals surface area contributed by atoms with Gasteiger partial charge >= 0.3 is 5.97 Å². The Labute approximate surface area is 140 Å². The first-order valence-corrected chi connectivity index (χ1v) is 11.2. The van der Waals surface area contributed by atoms with Crippen molar-refractivity contribution in [2.75, 3.05) is 0 Å². The summed E-state index contributed by atoms with van der Waals surface area (Å²) in [6.45, 7) is 15.4. The van der Waals surface area contributed by atoms with Crippen LogP contribution in [0.4, 0.5) is 0 Å². The van der Waals surface area contributed by atoms with E-state index in [1.165, 1.54) is 0 Å². The van der Waals surface area contributed by atoms with Crippen molar-refractivity contribution in [3.63, 3.8) is 0 Å².